The van der Waals surface area contributed by atoms with Crippen LogP contribution in [0.15, 0.2) is 52.1 Å². The number of nitrogens with one attached hydrogen (secondary N) is 1. The summed E-state index contributed by atoms with van der Waals surface area (Å²) in [5.74, 6) is 0.489. The van der Waals surface area contributed by atoms with Crippen LogP contribution < -0.4 is 5.32 Å². The second-order valence-electron chi connectivity index (χ2n) is 4.03. The number of hydrogen-bond donors (Lipinski definition) is 1. The summed E-state index contributed by atoms with van der Waals surface area (Å²) in [5, 5.41) is 6.81. The van der Waals surface area contributed by atoms with Gasteiger partial charge in [-0.05, 0) is 18.2 Å². The number of aromatic nitrogens is 3. The van der Waals surface area contributed by atoms with Crippen molar-refractivity contribution in [3.05, 3.63) is 48.9 Å². The van der Waals surface area contributed by atoms with Gasteiger partial charge < -0.3 is 14.2 Å². The molecule has 7 heteroatoms. The monoisotopic (exact) mass is 272 g/mol. The number of hydrogen-bond acceptors (Lipinski definition) is 5. The molecule has 0 aliphatic rings. The zero-order chi connectivity index (χ0) is 13.8. The molecule has 3 aromatic heterocycles. The van der Waals surface area contributed by atoms with E-state index in [1.54, 1.807) is 23.0 Å². The van der Waals surface area contributed by atoms with Crippen LogP contribution in [0.25, 0.3) is 11.5 Å². The van der Waals surface area contributed by atoms with Gasteiger partial charge in [-0.1, -0.05) is 0 Å². The Morgan fingerprint density at radius 3 is 3.05 bits per heavy atom. The Labute approximate surface area is 114 Å². The molecule has 0 aliphatic carbocycles. The van der Waals surface area contributed by atoms with Crippen LogP contribution in [0.4, 0.5) is 0 Å². The molecule has 0 unspecified atom stereocenters. The number of carbonyl (C=O) groups excluding carboxylic acids is 1. The highest BCUT2D eigenvalue weighted by molar-refractivity contribution is 5.97. The van der Waals surface area contributed by atoms with Crippen molar-refractivity contribution in [3.8, 4) is 11.5 Å². The summed E-state index contributed by atoms with van der Waals surface area (Å²) in [5.41, 5.74) is 0.209. The van der Waals surface area contributed by atoms with E-state index in [9.17, 15) is 4.79 Å². The summed E-state index contributed by atoms with van der Waals surface area (Å²) >= 11 is 0. The van der Waals surface area contributed by atoms with Gasteiger partial charge in [-0.2, -0.15) is 5.10 Å². The van der Waals surface area contributed by atoms with Crippen LogP contribution in [0.1, 0.15) is 10.5 Å². The lowest BCUT2D eigenvalue weighted by atomic mass is 10.2. The number of oxazole rings is 1. The first kappa shape index (κ1) is 12.2. The largest absolute Gasteiger partial charge is 0.461 e. The summed E-state index contributed by atoms with van der Waals surface area (Å²) in [7, 11) is 0. The van der Waals surface area contributed by atoms with Crippen LogP contribution in [0.3, 0.4) is 0 Å². The third-order valence-electron chi connectivity index (χ3n) is 2.71. The van der Waals surface area contributed by atoms with E-state index in [1.807, 2.05) is 12.3 Å². The number of rotatable bonds is 5. The van der Waals surface area contributed by atoms with Crippen molar-refractivity contribution < 1.29 is 13.6 Å². The van der Waals surface area contributed by atoms with Crippen molar-refractivity contribution in [2.75, 3.05) is 6.54 Å². The van der Waals surface area contributed by atoms with Crippen LogP contribution in [0.5, 0.6) is 0 Å². The molecule has 0 saturated heterocycles. The second-order valence-corrected chi connectivity index (χ2v) is 4.03. The molecule has 1 amide bonds. The summed E-state index contributed by atoms with van der Waals surface area (Å²) in [6.07, 6.45) is 6.25. The van der Waals surface area contributed by atoms with Gasteiger partial charge in [0, 0.05) is 18.9 Å². The Bertz CT molecular complexity index is 670. The Hall–Kier alpha value is -2.83. The molecule has 3 aromatic rings. The molecule has 0 saturated carbocycles. The van der Waals surface area contributed by atoms with E-state index in [0.29, 0.717) is 24.6 Å². The maximum Gasteiger partial charge on any atom is 0.274 e. The standard InChI is InChI=1S/C13H12N4O3/c18-13(14-5-7-17-6-2-4-16-17)11-12(20-9-15-11)10-3-1-8-19-10/h1-4,6,8-9H,5,7H2,(H,14,18). The van der Waals surface area contributed by atoms with Gasteiger partial charge in [0.25, 0.3) is 5.91 Å². The lowest BCUT2D eigenvalue weighted by Crippen LogP contribution is -2.28. The molecule has 3 heterocycles. The molecular weight excluding hydrogens is 260 g/mol. The highest BCUT2D eigenvalue weighted by atomic mass is 16.4. The summed E-state index contributed by atoms with van der Waals surface area (Å²) < 4.78 is 12.1. The molecule has 0 fully saturated rings. The minimum Gasteiger partial charge on any atom is -0.461 e. The molecule has 0 bridgehead atoms. The van der Waals surface area contributed by atoms with Crippen LogP contribution in [-0.2, 0) is 6.54 Å². The number of amides is 1. The van der Waals surface area contributed by atoms with E-state index in [2.05, 4.69) is 15.4 Å². The average Bonchev–Trinajstić information content (AvgIpc) is 3.19. The Kier molecular flexibility index (Phi) is 3.32. The molecule has 0 aromatic carbocycles. The van der Waals surface area contributed by atoms with E-state index in [0.717, 1.165) is 0 Å². The van der Waals surface area contributed by atoms with Gasteiger partial charge in [0.05, 0.1) is 12.8 Å². The number of nitrogens with zero attached hydrogens (tertiary/aromatic N) is 3. The van der Waals surface area contributed by atoms with E-state index in [1.165, 1.54) is 12.7 Å². The Morgan fingerprint density at radius 2 is 2.30 bits per heavy atom. The first-order valence-electron chi connectivity index (χ1n) is 6.07. The second kappa shape index (κ2) is 5.43. The molecule has 20 heavy (non-hydrogen) atoms. The lowest BCUT2D eigenvalue weighted by molar-refractivity contribution is 0.0947. The topological polar surface area (TPSA) is 86.1 Å². The zero-order valence-corrected chi connectivity index (χ0v) is 10.5. The lowest BCUT2D eigenvalue weighted by Gasteiger charge is -2.04. The summed E-state index contributed by atoms with van der Waals surface area (Å²) in [6, 6.07) is 5.26. The van der Waals surface area contributed by atoms with Crippen molar-refractivity contribution in [2.24, 2.45) is 0 Å². The Morgan fingerprint density at radius 1 is 1.35 bits per heavy atom. The normalized spacial score (nSPS) is 10.6. The van der Waals surface area contributed by atoms with Crippen molar-refractivity contribution in [2.45, 2.75) is 6.54 Å². The molecule has 0 spiro atoms. The van der Waals surface area contributed by atoms with E-state index in [-0.39, 0.29) is 11.6 Å². The highest BCUT2D eigenvalue weighted by Gasteiger charge is 2.19. The molecule has 3 rings (SSSR count). The molecule has 7 nitrogen and oxygen atoms in total. The van der Waals surface area contributed by atoms with Crippen LogP contribution in [0, 0.1) is 0 Å². The molecular formula is C13H12N4O3. The predicted molar refractivity (Wildman–Crippen MR) is 68.8 cm³/mol. The fourth-order valence-electron chi connectivity index (χ4n) is 1.79. The minimum absolute atomic E-state index is 0.209. The van der Waals surface area contributed by atoms with Crippen molar-refractivity contribution >= 4 is 5.91 Å². The zero-order valence-electron chi connectivity index (χ0n) is 10.5. The first-order valence-corrected chi connectivity index (χ1v) is 6.07. The molecule has 1 N–H and O–H groups in total. The molecule has 0 radical (unpaired) electrons. The fraction of sp³-hybridized carbons (Fsp3) is 0.154. The number of furan rings is 1. The van der Waals surface area contributed by atoms with Gasteiger partial charge >= 0.3 is 0 Å². The van der Waals surface area contributed by atoms with Crippen molar-refractivity contribution in [3.63, 3.8) is 0 Å². The fourth-order valence-corrected chi connectivity index (χ4v) is 1.79. The SMILES string of the molecule is O=C(NCCn1cccn1)c1ncoc1-c1ccco1. The maximum absolute atomic E-state index is 12.0. The summed E-state index contributed by atoms with van der Waals surface area (Å²) in [6.45, 7) is 1.04. The predicted octanol–water partition coefficient (Wildman–Crippen LogP) is 1.56. The molecule has 102 valence electrons. The quantitative estimate of drug-likeness (QED) is 0.761. The van der Waals surface area contributed by atoms with Gasteiger partial charge in [0.2, 0.25) is 5.76 Å². The number of carbonyl (C=O) groups is 1. The third-order valence-corrected chi connectivity index (χ3v) is 2.71. The molecule has 0 atom stereocenters. The smallest absolute Gasteiger partial charge is 0.274 e. The van der Waals surface area contributed by atoms with E-state index < -0.39 is 0 Å². The van der Waals surface area contributed by atoms with Crippen molar-refractivity contribution in [1.29, 1.82) is 0 Å². The average molecular weight is 272 g/mol. The van der Waals surface area contributed by atoms with Crippen LogP contribution in [0.2, 0.25) is 0 Å². The first-order chi connectivity index (χ1) is 9.84. The minimum atomic E-state index is -0.308. The van der Waals surface area contributed by atoms with Gasteiger partial charge in [-0.3, -0.25) is 9.48 Å². The van der Waals surface area contributed by atoms with Gasteiger partial charge in [0.1, 0.15) is 0 Å². The third kappa shape index (κ3) is 2.46. The van der Waals surface area contributed by atoms with E-state index in [4.69, 9.17) is 8.83 Å². The van der Waals surface area contributed by atoms with Gasteiger partial charge in [-0.25, -0.2) is 4.98 Å². The van der Waals surface area contributed by atoms with Gasteiger partial charge in [0.15, 0.2) is 17.8 Å². The van der Waals surface area contributed by atoms with Crippen LogP contribution in [-0.4, -0.2) is 27.2 Å². The van der Waals surface area contributed by atoms with Crippen molar-refractivity contribution in [1.82, 2.24) is 20.1 Å². The molecule has 0 aliphatic heterocycles. The summed E-state index contributed by atoms with van der Waals surface area (Å²) in [4.78, 5) is 16.0. The van der Waals surface area contributed by atoms with Gasteiger partial charge in [-0.15, -0.1) is 0 Å². The van der Waals surface area contributed by atoms with E-state index >= 15 is 0 Å². The van der Waals surface area contributed by atoms with Crippen LogP contribution >= 0.6 is 0 Å². The highest BCUT2D eigenvalue weighted by Crippen LogP contribution is 2.23. The maximum atomic E-state index is 12.0. The Balaban J connectivity index is 1.64.